The van der Waals surface area contributed by atoms with Crippen LogP contribution in [0, 0.1) is 0 Å². The molecule has 0 radical (unpaired) electrons. The first-order chi connectivity index (χ1) is 2.00. The van der Waals surface area contributed by atoms with Crippen LogP contribution in [0.5, 0.6) is 0 Å². The van der Waals surface area contributed by atoms with Crippen LogP contribution in [0.3, 0.4) is 0 Å². The zero-order valence-electron chi connectivity index (χ0n) is 6.76. The highest BCUT2D eigenvalue weighted by atomic mass is 19.0. The average Bonchev–Trinajstić information content (AvgIpc) is 0.722. The van der Waals surface area contributed by atoms with Gasteiger partial charge in [-0.05, 0) is 0 Å². The maximum atomic E-state index is 2.12. The zero-order chi connectivity index (χ0) is 4.50. The Bertz CT molecular complexity index is 30.7. The molecule has 0 saturated heterocycles. The van der Waals surface area contributed by atoms with E-state index in [1.54, 1.807) is 0 Å². The summed E-state index contributed by atoms with van der Waals surface area (Å²) in [6.07, 6.45) is 0. The van der Waals surface area contributed by atoms with E-state index < -0.39 is 0 Å². The third-order valence-corrected chi connectivity index (χ3v) is 0. The average molecular weight is 170 g/mol. The number of nitrogens with zero attached hydrogens (tertiary/aromatic N) is 1. The lowest BCUT2D eigenvalue weighted by atomic mass is 10.8. The van der Waals surface area contributed by atoms with E-state index in [9.17, 15) is 0 Å². The summed E-state index contributed by atoms with van der Waals surface area (Å²) >= 11 is 0. The third-order valence-electron chi connectivity index (χ3n) is 0. The van der Waals surface area contributed by atoms with Gasteiger partial charge >= 0.3 is 0 Å². The molecule has 0 aliphatic carbocycles. The van der Waals surface area contributed by atoms with Gasteiger partial charge in [0.15, 0.2) is 0 Å². The summed E-state index contributed by atoms with van der Waals surface area (Å²) in [5, 5.41) is 0. The molecule has 0 aliphatic rings. The van der Waals surface area contributed by atoms with Gasteiger partial charge in [-0.15, -0.1) is 0 Å². The van der Waals surface area contributed by atoms with E-state index in [1.165, 1.54) is 0 Å². The van der Waals surface area contributed by atoms with Crippen LogP contribution >= 0.6 is 0 Å². The van der Waals surface area contributed by atoms with Gasteiger partial charge < -0.3 is 15.3 Å². The van der Waals surface area contributed by atoms with Crippen molar-refractivity contribution >= 4 is 0 Å². The van der Waals surface area contributed by atoms with Gasteiger partial charge in [-0.1, -0.05) is 0 Å². The molecule has 10 heavy (non-hydrogen) atoms. The molecule has 0 spiro atoms. The molecule has 0 saturated carbocycles. The number of hydrogen-bond donors (Lipinski definition) is 1. The Morgan fingerprint density at radius 3 is 0.700 bits per heavy atom. The SMILES string of the molecule is C[N+](C)(C)C.F.F.F.N.[F-]. The first-order valence-electron chi connectivity index (χ1n) is 1.79. The summed E-state index contributed by atoms with van der Waals surface area (Å²) in [5.74, 6) is 0. The Balaban J connectivity index is -0.00000000800. The van der Waals surface area contributed by atoms with Crippen molar-refractivity contribution in [2.75, 3.05) is 28.2 Å². The molecule has 0 rings (SSSR count). The van der Waals surface area contributed by atoms with Crippen LogP contribution in [0.15, 0.2) is 0 Å². The lowest BCUT2D eigenvalue weighted by molar-refractivity contribution is -0.849. The minimum atomic E-state index is 0. The highest BCUT2D eigenvalue weighted by Gasteiger charge is 1.88. The molecule has 0 aromatic rings. The Morgan fingerprint density at radius 1 is 0.700 bits per heavy atom. The molecule has 0 unspecified atom stereocenters. The Labute approximate surface area is 58.9 Å². The highest BCUT2D eigenvalue weighted by molar-refractivity contribution is 3.87. The molecule has 6 heteroatoms. The summed E-state index contributed by atoms with van der Waals surface area (Å²) in [4.78, 5) is 0. The summed E-state index contributed by atoms with van der Waals surface area (Å²) in [5.41, 5.74) is 0. The van der Waals surface area contributed by atoms with Crippen LogP contribution < -0.4 is 10.9 Å². The van der Waals surface area contributed by atoms with Crippen molar-refractivity contribution in [3.63, 3.8) is 0 Å². The predicted octanol–water partition coefficient (Wildman–Crippen LogP) is -2.05. The van der Waals surface area contributed by atoms with Gasteiger partial charge in [0.25, 0.3) is 0 Å². The van der Waals surface area contributed by atoms with Gasteiger partial charge in [0.1, 0.15) is 0 Å². The van der Waals surface area contributed by atoms with Crippen LogP contribution in [-0.2, 0) is 0 Å². The molecule has 0 fully saturated rings. The standard InChI is InChI=1S/C4H12N.4FH.H3N/c1-5(2,3)4;;;;;/h1-4H3;4*1H;1H3/q+1;;;;;/p-1. The molecule has 72 valence electrons. The van der Waals surface area contributed by atoms with Crippen LogP contribution in [-0.4, -0.2) is 32.7 Å². The van der Waals surface area contributed by atoms with E-state index in [-0.39, 0.29) is 25.0 Å². The molecule has 0 atom stereocenters. The predicted molar refractivity (Wildman–Crippen MR) is 36.5 cm³/mol. The van der Waals surface area contributed by atoms with E-state index in [1.807, 2.05) is 0 Å². The van der Waals surface area contributed by atoms with Gasteiger partial charge in [-0.3, -0.25) is 14.1 Å². The number of halogens is 4. The fourth-order valence-electron chi connectivity index (χ4n) is 0. The van der Waals surface area contributed by atoms with Crippen molar-refractivity contribution in [1.29, 1.82) is 0 Å². The van der Waals surface area contributed by atoms with E-state index in [0.29, 0.717) is 0 Å². The van der Waals surface area contributed by atoms with E-state index in [4.69, 9.17) is 0 Å². The van der Waals surface area contributed by atoms with E-state index in [2.05, 4.69) is 28.2 Å². The molecule has 2 nitrogen and oxygen atoms in total. The quantitative estimate of drug-likeness (QED) is 0.329. The second kappa shape index (κ2) is 15.9. The normalized spacial score (nSPS) is 6.00. The lowest BCUT2D eigenvalue weighted by Crippen LogP contribution is -3.00. The first kappa shape index (κ1) is 54.3. The molecule has 0 heterocycles. The van der Waals surface area contributed by atoms with Crippen LogP contribution in [0.25, 0.3) is 0 Å². The Hall–Kier alpha value is -0.360. The van der Waals surface area contributed by atoms with Crippen molar-refractivity contribution in [3.05, 3.63) is 0 Å². The molecular weight excluding hydrogens is 152 g/mol. The van der Waals surface area contributed by atoms with Crippen molar-refractivity contribution in [2.24, 2.45) is 0 Å². The largest absolute Gasteiger partial charge is 1.00 e. The molecule has 0 aromatic heterocycles. The fraction of sp³-hybridized carbons (Fsp3) is 1.00. The summed E-state index contributed by atoms with van der Waals surface area (Å²) in [7, 11) is 8.50. The lowest BCUT2D eigenvalue weighted by Gasteiger charge is -2.14. The second-order valence-electron chi connectivity index (χ2n) is 2.68. The maximum absolute atomic E-state index is 2.12. The summed E-state index contributed by atoms with van der Waals surface area (Å²) < 4.78 is 1.00. The zero-order valence-corrected chi connectivity index (χ0v) is 6.76. The van der Waals surface area contributed by atoms with Gasteiger partial charge in [0, 0.05) is 0 Å². The van der Waals surface area contributed by atoms with Crippen LogP contribution in [0.2, 0.25) is 0 Å². The molecular formula is C4H18F4N2. The van der Waals surface area contributed by atoms with Gasteiger partial charge in [0.2, 0.25) is 0 Å². The highest BCUT2D eigenvalue weighted by Crippen LogP contribution is 1.73. The number of rotatable bonds is 0. The fourth-order valence-corrected chi connectivity index (χ4v) is 0. The molecule has 0 amide bonds. The van der Waals surface area contributed by atoms with Crippen LogP contribution in [0.1, 0.15) is 0 Å². The van der Waals surface area contributed by atoms with Gasteiger partial charge in [0.05, 0.1) is 28.2 Å². The Morgan fingerprint density at radius 2 is 0.700 bits per heavy atom. The van der Waals surface area contributed by atoms with E-state index >= 15 is 0 Å². The Kier molecular flexibility index (Phi) is 86.1. The van der Waals surface area contributed by atoms with Crippen molar-refractivity contribution in [2.45, 2.75) is 0 Å². The third kappa shape index (κ3) is 2600. The van der Waals surface area contributed by atoms with Crippen molar-refractivity contribution in [1.82, 2.24) is 6.15 Å². The molecule has 0 bridgehead atoms. The minimum absolute atomic E-state index is 0. The van der Waals surface area contributed by atoms with E-state index in [0.717, 1.165) is 4.48 Å². The summed E-state index contributed by atoms with van der Waals surface area (Å²) in [6.45, 7) is 0. The molecule has 3 N–H and O–H groups in total. The minimum Gasteiger partial charge on any atom is -1.00 e. The molecule has 0 aliphatic heterocycles. The van der Waals surface area contributed by atoms with Gasteiger partial charge in [-0.25, -0.2) is 0 Å². The monoisotopic (exact) mass is 170 g/mol. The second-order valence-corrected chi connectivity index (χ2v) is 2.68. The first-order valence-corrected chi connectivity index (χ1v) is 1.79. The van der Waals surface area contributed by atoms with Crippen LogP contribution in [0.4, 0.5) is 14.1 Å². The van der Waals surface area contributed by atoms with Crippen molar-refractivity contribution < 1.29 is 23.3 Å². The topological polar surface area (TPSA) is 35.0 Å². The maximum Gasteiger partial charge on any atom is 0.0675 e. The number of hydrogen-bond acceptors (Lipinski definition) is 1. The molecule has 0 aromatic carbocycles. The van der Waals surface area contributed by atoms with Gasteiger partial charge in [-0.2, -0.15) is 0 Å². The number of quaternary nitrogens is 1. The smallest absolute Gasteiger partial charge is 0.0675 e. The van der Waals surface area contributed by atoms with Crippen molar-refractivity contribution in [3.8, 4) is 0 Å². The summed E-state index contributed by atoms with van der Waals surface area (Å²) in [6, 6.07) is 0.